The smallest absolute Gasteiger partial charge is 0.151 e. The van der Waals surface area contributed by atoms with Crippen LogP contribution in [0.1, 0.15) is 13.3 Å². The van der Waals surface area contributed by atoms with Gasteiger partial charge in [0.05, 0.1) is 5.69 Å². The number of aromatic nitrogens is 1. The van der Waals surface area contributed by atoms with Crippen molar-refractivity contribution in [3.8, 4) is 0 Å². The van der Waals surface area contributed by atoms with Crippen molar-refractivity contribution < 1.29 is 4.21 Å². The second-order valence-electron chi connectivity index (χ2n) is 3.68. The lowest BCUT2D eigenvalue weighted by atomic mass is 10.2. The lowest BCUT2D eigenvalue weighted by Crippen LogP contribution is -2.19. The Balaban J connectivity index is 2.58. The van der Waals surface area contributed by atoms with Crippen LogP contribution in [0.25, 0.3) is 0 Å². The van der Waals surface area contributed by atoms with Gasteiger partial charge >= 0.3 is 0 Å². The van der Waals surface area contributed by atoms with Gasteiger partial charge in [-0.3, -0.25) is 4.21 Å². The number of nitrogens with two attached hydrogens (primary N) is 1. The molecule has 1 heterocycles. The lowest BCUT2D eigenvalue weighted by Gasteiger charge is -2.15. The Morgan fingerprint density at radius 2 is 2.31 bits per heavy atom. The molecular formula is C10H16ClN3OS. The maximum atomic E-state index is 10.9. The number of nitrogens with one attached hydrogen (secondary N) is 1. The van der Waals surface area contributed by atoms with Crippen molar-refractivity contribution in [2.45, 2.75) is 19.4 Å². The number of nitrogen functional groups attached to an aromatic ring is 1. The number of hydrogen-bond acceptors (Lipinski definition) is 4. The maximum absolute atomic E-state index is 10.9. The van der Waals surface area contributed by atoms with Crippen LogP contribution in [0, 0.1) is 0 Å². The van der Waals surface area contributed by atoms with Crippen LogP contribution >= 0.6 is 11.6 Å². The molecular weight excluding hydrogens is 246 g/mol. The van der Waals surface area contributed by atoms with E-state index in [1.165, 1.54) is 0 Å². The minimum Gasteiger partial charge on any atom is -0.396 e. The topological polar surface area (TPSA) is 68.0 Å². The van der Waals surface area contributed by atoms with Crippen molar-refractivity contribution in [3.05, 3.63) is 17.3 Å². The van der Waals surface area contributed by atoms with Gasteiger partial charge < -0.3 is 11.1 Å². The van der Waals surface area contributed by atoms with Crippen molar-refractivity contribution in [1.29, 1.82) is 0 Å². The van der Waals surface area contributed by atoms with Crippen LogP contribution in [0.2, 0.25) is 5.15 Å². The Morgan fingerprint density at radius 3 is 2.94 bits per heavy atom. The number of halogens is 1. The summed E-state index contributed by atoms with van der Waals surface area (Å²) in [7, 11) is -0.772. The molecule has 0 saturated heterocycles. The second-order valence-corrected chi connectivity index (χ2v) is 5.63. The highest BCUT2D eigenvalue weighted by atomic mass is 35.5. The van der Waals surface area contributed by atoms with Gasteiger partial charge in [0.25, 0.3) is 0 Å². The lowest BCUT2D eigenvalue weighted by molar-refractivity contribution is 0.678. The molecule has 16 heavy (non-hydrogen) atoms. The van der Waals surface area contributed by atoms with Crippen LogP contribution in [0.15, 0.2) is 12.1 Å². The number of hydrogen-bond donors (Lipinski definition) is 2. The standard InChI is InChI=1S/C10H16ClN3OS/c1-7(5-6-16(2)15)13-10-8(12)3-4-9(11)14-10/h3-4,7H,5-6,12H2,1-2H3,(H,13,14). The Kier molecular flexibility index (Phi) is 5.02. The summed E-state index contributed by atoms with van der Waals surface area (Å²) in [4.78, 5) is 4.09. The van der Waals surface area contributed by atoms with Crippen molar-refractivity contribution >= 4 is 33.9 Å². The van der Waals surface area contributed by atoms with E-state index in [1.54, 1.807) is 18.4 Å². The summed E-state index contributed by atoms with van der Waals surface area (Å²) in [5, 5.41) is 3.56. The molecule has 1 aromatic rings. The largest absolute Gasteiger partial charge is 0.396 e. The molecule has 0 spiro atoms. The molecule has 0 aliphatic carbocycles. The molecule has 2 unspecified atom stereocenters. The summed E-state index contributed by atoms with van der Waals surface area (Å²) in [5.41, 5.74) is 6.31. The summed E-state index contributed by atoms with van der Waals surface area (Å²) in [5.74, 6) is 1.25. The average molecular weight is 262 g/mol. The summed E-state index contributed by atoms with van der Waals surface area (Å²) < 4.78 is 10.9. The van der Waals surface area contributed by atoms with E-state index >= 15 is 0 Å². The molecule has 0 aliphatic heterocycles. The van der Waals surface area contributed by atoms with E-state index in [2.05, 4.69) is 10.3 Å². The molecule has 2 atom stereocenters. The molecule has 0 bridgehead atoms. The first-order valence-electron chi connectivity index (χ1n) is 4.97. The zero-order chi connectivity index (χ0) is 12.1. The van der Waals surface area contributed by atoms with Crippen LogP contribution in [0.5, 0.6) is 0 Å². The van der Waals surface area contributed by atoms with Gasteiger partial charge in [0, 0.05) is 28.9 Å². The molecule has 0 radical (unpaired) electrons. The van der Waals surface area contributed by atoms with Gasteiger partial charge in [0.15, 0.2) is 5.82 Å². The van der Waals surface area contributed by atoms with Gasteiger partial charge in [-0.15, -0.1) is 0 Å². The predicted octanol–water partition coefficient (Wildman–Crippen LogP) is 1.89. The molecule has 90 valence electrons. The van der Waals surface area contributed by atoms with E-state index in [4.69, 9.17) is 17.3 Å². The fraction of sp³-hybridized carbons (Fsp3) is 0.500. The van der Waals surface area contributed by atoms with Gasteiger partial charge in [-0.05, 0) is 25.5 Å². The molecule has 3 N–H and O–H groups in total. The molecule has 0 fully saturated rings. The van der Waals surface area contributed by atoms with Crippen molar-refractivity contribution in [1.82, 2.24) is 4.98 Å². The molecule has 4 nitrogen and oxygen atoms in total. The quantitative estimate of drug-likeness (QED) is 0.795. The molecule has 1 rings (SSSR count). The van der Waals surface area contributed by atoms with Crippen LogP contribution < -0.4 is 11.1 Å². The Morgan fingerprint density at radius 1 is 1.62 bits per heavy atom. The maximum Gasteiger partial charge on any atom is 0.151 e. The highest BCUT2D eigenvalue weighted by Gasteiger charge is 2.07. The third kappa shape index (κ3) is 4.37. The van der Waals surface area contributed by atoms with Crippen LogP contribution in [-0.2, 0) is 10.8 Å². The zero-order valence-electron chi connectivity index (χ0n) is 9.37. The van der Waals surface area contributed by atoms with Gasteiger partial charge in [0.2, 0.25) is 0 Å². The Labute approximate surface area is 103 Å². The molecule has 0 aliphatic rings. The van der Waals surface area contributed by atoms with Crippen LogP contribution in [0.4, 0.5) is 11.5 Å². The average Bonchev–Trinajstić information content (AvgIpc) is 2.20. The zero-order valence-corrected chi connectivity index (χ0v) is 10.9. The number of nitrogens with zero attached hydrogens (tertiary/aromatic N) is 1. The number of anilines is 2. The van der Waals surface area contributed by atoms with Crippen molar-refractivity contribution in [2.24, 2.45) is 0 Å². The molecule has 6 heteroatoms. The minimum atomic E-state index is -0.772. The minimum absolute atomic E-state index is 0.164. The summed E-state index contributed by atoms with van der Waals surface area (Å²) in [6, 6.07) is 3.52. The predicted molar refractivity (Wildman–Crippen MR) is 70.3 cm³/mol. The third-order valence-electron chi connectivity index (χ3n) is 2.11. The first-order chi connectivity index (χ1) is 7.49. The highest BCUT2D eigenvalue weighted by Crippen LogP contribution is 2.19. The normalized spacial score (nSPS) is 14.4. The SMILES string of the molecule is CC(CCS(C)=O)Nc1nc(Cl)ccc1N. The molecule has 0 saturated carbocycles. The van der Waals surface area contributed by atoms with E-state index in [0.717, 1.165) is 6.42 Å². The third-order valence-corrected chi connectivity index (χ3v) is 3.14. The monoisotopic (exact) mass is 261 g/mol. The fourth-order valence-corrected chi connectivity index (χ4v) is 2.04. The Hall–Kier alpha value is -0.810. The summed E-state index contributed by atoms with van der Waals surface area (Å²) in [6.45, 7) is 1.99. The first-order valence-corrected chi connectivity index (χ1v) is 7.08. The van der Waals surface area contributed by atoms with Gasteiger partial charge in [0.1, 0.15) is 5.15 Å². The molecule has 1 aromatic heterocycles. The van der Waals surface area contributed by atoms with E-state index in [0.29, 0.717) is 22.4 Å². The van der Waals surface area contributed by atoms with E-state index in [-0.39, 0.29) is 6.04 Å². The molecule has 0 aromatic carbocycles. The summed E-state index contributed by atoms with van der Waals surface area (Å²) in [6.07, 6.45) is 2.50. The molecule has 0 amide bonds. The van der Waals surface area contributed by atoms with E-state index in [9.17, 15) is 4.21 Å². The van der Waals surface area contributed by atoms with Crippen molar-refractivity contribution in [3.63, 3.8) is 0 Å². The summed E-state index contributed by atoms with van der Waals surface area (Å²) >= 11 is 5.77. The Bertz CT molecular complexity index is 386. The van der Waals surface area contributed by atoms with Crippen LogP contribution in [0.3, 0.4) is 0 Å². The van der Waals surface area contributed by atoms with Gasteiger partial charge in [-0.1, -0.05) is 11.6 Å². The van der Waals surface area contributed by atoms with Gasteiger partial charge in [-0.2, -0.15) is 0 Å². The second kappa shape index (κ2) is 6.06. The van der Waals surface area contributed by atoms with Crippen molar-refractivity contribution in [2.75, 3.05) is 23.1 Å². The van der Waals surface area contributed by atoms with Crippen LogP contribution in [-0.4, -0.2) is 27.2 Å². The number of pyridine rings is 1. The van der Waals surface area contributed by atoms with E-state index in [1.807, 2.05) is 6.92 Å². The number of rotatable bonds is 5. The van der Waals surface area contributed by atoms with E-state index < -0.39 is 10.8 Å². The highest BCUT2D eigenvalue weighted by molar-refractivity contribution is 7.84. The fourth-order valence-electron chi connectivity index (χ4n) is 1.21. The van der Waals surface area contributed by atoms with Gasteiger partial charge in [-0.25, -0.2) is 4.98 Å². The first kappa shape index (κ1) is 13.3.